The van der Waals surface area contributed by atoms with Crippen LogP contribution in [0.5, 0.6) is 0 Å². The minimum absolute atomic E-state index is 0.0375. The number of nitrogens with two attached hydrogens (primary N) is 1. The van der Waals surface area contributed by atoms with Crippen molar-refractivity contribution < 1.29 is 4.79 Å². The van der Waals surface area contributed by atoms with Gasteiger partial charge in [-0.25, -0.2) is 0 Å². The van der Waals surface area contributed by atoms with Crippen molar-refractivity contribution in [3.05, 3.63) is 12.2 Å². The third-order valence-corrected chi connectivity index (χ3v) is 3.77. The highest BCUT2D eigenvalue weighted by Crippen LogP contribution is 2.23. The summed E-state index contributed by atoms with van der Waals surface area (Å²) in [5, 5.41) is 0. The number of carbonyl (C=O) groups excluding carboxylic acids is 1. The van der Waals surface area contributed by atoms with Gasteiger partial charge in [-0.1, -0.05) is 25.0 Å². The molecular formula is C13H22N2O. The molecule has 3 atom stereocenters. The predicted molar refractivity (Wildman–Crippen MR) is 64.9 cm³/mol. The lowest BCUT2D eigenvalue weighted by atomic mass is 10.0. The minimum Gasteiger partial charge on any atom is -0.339 e. The van der Waals surface area contributed by atoms with Crippen LogP contribution in [0.15, 0.2) is 12.2 Å². The Bertz CT molecular complexity index is 288. The highest BCUT2D eigenvalue weighted by Gasteiger charge is 2.30. The molecule has 1 heterocycles. The molecule has 0 aromatic carbocycles. The molecule has 3 unspecified atom stereocenters. The molecule has 2 rings (SSSR count). The van der Waals surface area contributed by atoms with Gasteiger partial charge in [-0.15, -0.1) is 0 Å². The van der Waals surface area contributed by atoms with Gasteiger partial charge in [-0.2, -0.15) is 0 Å². The Hall–Kier alpha value is -0.830. The highest BCUT2D eigenvalue weighted by molar-refractivity contribution is 5.81. The minimum atomic E-state index is 0.0375. The average molecular weight is 222 g/mol. The Morgan fingerprint density at radius 3 is 2.81 bits per heavy atom. The van der Waals surface area contributed by atoms with Crippen molar-refractivity contribution in [1.82, 2.24) is 4.90 Å². The summed E-state index contributed by atoms with van der Waals surface area (Å²) in [7, 11) is 0. The SMILES string of the molecule is CC1CCCCCN1C(=O)C1C=CC(N)C1. The zero-order valence-electron chi connectivity index (χ0n) is 10.1. The van der Waals surface area contributed by atoms with Gasteiger partial charge in [0.2, 0.25) is 5.91 Å². The first-order valence-corrected chi connectivity index (χ1v) is 6.43. The van der Waals surface area contributed by atoms with E-state index in [1.165, 1.54) is 12.8 Å². The topological polar surface area (TPSA) is 46.3 Å². The number of nitrogens with zero attached hydrogens (tertiary/aromatic N) is 1. The van der Waals surface area contributed by atoms with Crippen molar-refractivity contribution in [2.24, 2.45) is 11.7 Å². The first-order chi connectivity index (χ1) is 7.68. The summed E-state index contributed by atoms with van der Waals surface area (Å²) in [6, 6.07) is 0.483. The molecule has 1 fully saturated rings. The van der Waals surface area contributed by atoms with Crippen molar-refractivity contribution in [2.45, 2.75) is 51.1 Å². The number of rotatable bonds is 1. The maximum Gasteiger partial charge on any atom is 0.229 e. The van der Waals surface area contributed by atoms with Gasteiger partial charge in [0.15, 0.2) is 0 Å². The normalized spacial score (nSPS) is 35.1. The summed E-state index contributed by atoms with van der Waals surface area (Å²) in [6.07, 6.45) is 9.56. The molecule has 1 saturated heterocycles. The smallest absolute Gasteiger partial charge is 0.229 e. The summed E-state index contributed by atoms with van der Waals surface area (Å²) < 4.78 is 0. The van der Waals surface area contributed by atoms with Crippen LogP contribution < -0.4 is 5.73 Å². The Morgan fingerprint density at radius 1 is 1.31 bits per heavy atom. The van der Waals surface area contributed by atoms with E-state index in [9.17, 15) is 4.79 Å². The van der Waals surface area contributed by atoms with E-state index in [4.69, 9.17) is 5.73 Å². The lowest BCUT2D eigenvalue weighted by Crippen LogP contribution is -2.41. The summed E-state index contributed by atoms with van der Waals surface area (Å²) >= 11 is 0. The molecule has 1 amide bonds. The monoisotopic (exact) mass is 222 g/mol. The second kappa shape index (κ2) is 5.00. The molecule has 2 aliphatic rings. The molecule has 16 heavy (non-hydrogen) atoms. The van der Waals surface area contributed by atoms with E-state index in [1.807, 2.05) is 12.2 Å². The van der Waals surface area contributed by atoms with Crippen LogP contribution in [-0.2, 0) is 4.79 Å². The van der Waals surface area contributed by atoms with Crippen LogP contribution in [0.1, 0.15) is 39.0 Å². The van der Waals surface area contributed by atoms with Crippen LogP contribution in [0, 0.1) is 5.92 Å². The Balaban J connectivity index is 1.99. The number of likely N-dealkylation sites (tertiary alicyclic amines) is 1. The van der Waals surface area contributed by atoms with Crippen molar-refractivity contribution in [2.75, 3.05) is 6.54 Å². The lowest BCUT2D eigenvalue weighted by molar-refractivity contribution is -0.136. The summed E-state index contributed by atoms with van der Waals surface area (Å²) in [6.45, 7) is 3.10. The van der Waals surface area contributed by atoms with Crippen LogP contribution in [-0.4, -0.2) is 29.4 Å². The van der Waals surface area contributed by atoms with Crippen LogP contribution in [0.4, 0.5) is 0 Å². The Morgan fingerprint density at radius 2 is 2.12 bits per heavy atom. The summed E-state index contributed by atoms with van der Waals surface area (Å²) in [5.41, 5.74) is 5.80. The number of carbonyl (C=O) groups is 1. The molecule has 0 saturated carbocycles. The van der Waals surface area contributed by atoms with Gasteiger partial charge < -0.3 is 10.6 Å². The fourth-order valence-electron chi connectivity index (χ4n) is 2.73. The third kappa shape index (κ3) is 2.46. The van der Waals surface area contributed by atoms with Gasteiger partial charge in [0.05, 0.1) is 5.92 Å². The molecule has 3 heteroatoms. The van der Waals surface area contributed by atoms with E-state index in [2.05, 4.69) is 11.8 Å². The van der Waals surface area contributed by atoms with Crippen molar-refractivity contribution in [1.29, 1.82) is 0 Å². The first kappa shape index (κ1) is 11.6. The quantitative estimate of drug-likeness (QED) is 0.686. The molecule has 1 aliphatic heterocycles. The Labute approximate surface area is 97.7 Å². The van der Waals surface area contributed by atoms with E-state index in [-0.39, 0.29) is 12.0 Å². The van der Waals surface area contributed by atoms with Crippen molar-refractivity contribution >= 4 is 5.91 Å². The number of hydrogen-bond acceptors (Lipinski definition) is 2. The molecule has 0 radical (unpaired) electrons. The number of hydrogen-bond donors (Lipinski definition) is 1. The van der Waals surface area contributed by atoms with Crippen LogP contribution in [0.25, 0.3) is 0 Å². The highest BCUT2D eigenvalue weighted by atomic mass is 16.2. The van der Waals surface area contributed by atoms with Gasteiger partial charge in [0.25, 0.3) is 0 Å². The molecule has 0 bridgehead atoms. The molecule has 0 aromatic rings. The van der Waals surface area contributed by atoms with Gasteiger partial charge in [0, 0.05) is 18.6 Å². The molecule has 90 valence electrons. The third-order valence-electron chi connectivity index (χ3n) is 3.77. The van der Waals surface area contributed by atoms with Gasteiger partial charge in [-0.3, -0.25) is 4.79 Å². The van der Waals surface area contributed by atoms with Gasteiger partial charge in [0.1, 0.15) is 0 Å². The molecule has 1 aliphatic carbocycles. The van der Waals surface area contributed by atoms with Gasteiger partial charge >= 0.3 is 0 Å². The zero-order chi connectivity index (χ0) is 11.5. The van der Waals surface area contributed by atoms with Crippen LogP contribution in [0.3, 0.4) is 0 Å². The fourth-order valence-corrected chi connectivity index (χ4v) is 2.73. The Kier molecular flexibility index (Phi) is 3.64. The molecule has 0 aromatic heterocycles. The molecule has 3 nitrogen and oxygen atoms in total. The fraction of sp³-hybridized carbons (Fsp3) is 0.769. The lowest BCUT2D eigenvalue weighted by Gasteiger charge is -2.29. The van der Waals surface area contributed by atoms with E-state index in [0.29, 0.717) is 11.9 Å². The second-order valence-corrected chi connectivity index (χ2v) is 5.12. The van der Waals surface area contributed by atoms with E-state index < -0.39 is 0 Å². The van der Waals surface area contributed by atoms with E-state index >= 15 is 0 Å². The zero-order valence-corrected chi connectivity index (χ0v) is 10.1. The maximum absolute atomic E-state index is 12.3. The predicted octanol–water partition coefficient (Wildman–Crippen LogP) is 1.68. The average Bonchev–Trinajstić information content (AvgIpc) is 2.57. The van der Waals surface area contributed by atoms with Crippen LogP contribution in [0.2, 0.25) is 0 Å². The largest absolute Gasteiger partial charge is 0.339 e. The number of amides is 1. The van der Waals surface area contributed by atoms with Gasteiger partial charge in [-0.05, 0) is 26.2 Å². The molecule has 2 N–H and O–H groups in total. The first-order valence-electron chi connectivity index (χ1n) is 6.43. The van der Waals surface area contributed by atoms with E-state index in [0.717, 1.165) is 25.8 Å². The molecular weight excluding hydrogens is 200 g/mol. The van der Waals surface area contributed by atoms with Crippen molar-refractivity contribution in [3.8, 4) is 0 Å². The summed E-state index contributed by atoms with van der Waals surface area (Å²) in [4.78, 5) is 14.4. The molecule has 0 spiro atoms. The standard InChI is InChI=1S/C13H22N2O/c1-10-5-3-2-4-8-15(10)13(16)11-6-7-12(14)9-11/h6-7,10-12H,2-5,8-9,14H2,1H3. The van der Waals surface area contributed by atoms with Crippen LogP contribution >= 0.6 is 0 Å². The maximum atomic E-state index is 12.3. The van der Waals surface area contributed by atoms with E-state index in [1.54, 1.807) is 0 Å². The second-order valence-electron chi connectivity index (χ2n) is 5.12. The van der Waals surface area contributed by atoms with Crippen molar-refractivity contribution in [3.63, 3.8) is 0 Å². The summed E-state index contributed by atoms with van der Waals surface area (Å²) in [5.74, 6) is 0.328.